The lowest BCUT2D eigenvalue weighted by molar-refractivity contribution is -0.207. The first-order valence-electron chi connectivity index (χ1n) is 14.3. The van der Waals surface area contributed by atoms with E-state index in [1.165, 1.54) is 12.8 Å². The minimum absolute atomic E-state index is 0.0147. The van der Waals surface area contributed by atoms with E-state index in [1.807, 2.05) is 0 Å². The van der Waals surface area contributed by atoms with Crippen LogP contribution in [0.3, 0.4) is 0 Å². The van der Waals surface area contributed by atoms with Gasteiger partial charge in [-0.15, -0.1) is 0 Å². The smallest absolute Gasteiger partial charge is 0.312 e. The van der Waals surface area contributed by atoms with E-state index in [-0.39, 0.29) is 39.1 Å². The lowest BCUT2D eigenvalue weighted by atomic mass is 9.33. The predicted molar refractivity (Wildman–Crippen MR) is 137 cm³/mol. The summed E-state index contributed by atoms with van der Waals surface area (Å²) in [5.74, 6) is 2.73. The molecule has 0 saturated heterocycles. The average Bonchev–Trinajstić information content (AvgIpc) is 2.79. The number of rotatable bonds is 1. The van der Waals surface area contributed by atoms with Crippen LogP contribution >= 0.6 is 0 Å². The van der Waals surface area contributed by atoms with Crippen LogP contribution in [0.5, 0.6) is 0 Å². The van der Waals surface area contributed by atoms with Crippen molar-refractivity contribution in [3.05, 3.63) is 11.6 Å². The van der Waals surface area contributed by atoms with E-state index in [0.29, 0.717) is 29.6 Å². The van der Waals surface area contributed by atoms with Crippen LogP contribution in [0.4, 0.5) is 0 Å². The molecule has 4 saturated carbocycles. The van der Waals surface area contributed by atoms with Gasteiger partial charge in [-0.05, 0) is 109 Å². The summed E-state index contributed by atoms with van der Waals surface area (Å²) in [7, 11) is 1.60. The number of aliphatic hydroxyl groups excluding tert-OH is 1. The van der Waals surface area contributed by atoms with Gasteiger partial charge in [-0.3, -0.25) is 4.79 Å². The van der Waals surface area contributed by atoms with Gasteiger partial charge in [-0.25, -0.2) is 0 Å². The molecular formula is C31H50O3. The number of carbonyl (C=O) groups is 1. The summed E-state index contributed by atoms with van der Waals surface area (Å²) in [5, 5.41) is 10.9. The molecule has 34 heavy (non-hydrogen) atoms. The molecule has 0 heterocycles. The Morgan fingerprint density at radius 3 is 2.32 bits per heavy atom. The van der Waals surface area contributed by atoms with Crippen LogP contribution in [-0.2, 0) is 9.53 Å². The van der Waals surface area contributed by atoms with Gasteiger partial charge in [0.2, 0.25) is 0 Å². The first-order chi connectivity index (χ1) is 15.8. The highest BCUT2D eigenvalue weighted by Gasteiger charge is 2.69. The van der Waals surface area contributed by atoms with Crippen LogP contribution in [0.2, 0.25) is 0 Å². The van der Waals surface area contributed by atoms with Gasteiger partial charge in [0.25, 0.3) is 0 Å². The highest BCUT2D eigenvalue weighted by Crippen LogP contribution is 2.75. The zero-order chi connectivity index (χ0) is 24.9. The molecule has 3 heteroatoms. The molecule has 1 N–H and O–H groups in total. The number of hydrogen-bond donors (Lipinski definition) is 1. The maximum absolute atomic E-state index is 13.4. The molecule has 0 bridgehead atoms. The monoisotopic (exact) mass is 470 g/mol. The van der Waals surface area contributed by atoms with Gasteiger partial charge >= 0.3 is 5.97 Å². The molecule has 5 aliphatic rings. The molecule has 5 aliphatic carbocycles. The molecule has 0 aromatic heterocycles. The Bertz CT molecular complexity index is 889. The number of fused-ring (bicyclic) bond motifs is 7. The number of ether oxygens (including phenoxy) is 1. The number of hydrogen-bond acceptors (Lipinski definition) is 3. The first-order valence-corrected chi connectivity index (χ1v) is 14.3. The molecular weight excluding hydrogens is 420 g/mol. The van der Waals surface area contributed by atoms with Crippen molar-refractivity contribution < 1.29 is 14.6 Å². The zero-order valence-electron chi connectivity index (χ0n) is 23.2. The van der Waals surface area contributed by atoms with Crippen molar-refractivity contribution >= 4 is 5.97 Å². The summed E-state index contributed by atoms with van der Waals surface area (Å²) in [6.07, 6.45) is 12.3. The third-order valence-corrected chi connectivity index (χ3v) is 13.6. The summed E-state index contributed by atoms with van der Waals surface area (Å²) >= 11 is 0. The molecule has 10 atom stereocenters. The highest BCUT2D eigenvalue weighted by atomic mass is 16.5. The molecule has 4 fully saturated rings. The van der Waals surface area contributed by atoms with Crippen molar-refractivity contribution in [1.29, 1.82) is 0 Å². The Hall–Kier alpha value is -0.830. The Morgan fingerprint density at radius 2 is 1.65 bits per heavy atom. The summed E-state index contributed by atoms with van der Waals surface area (Å²) in [6, 6.07) is 0. The van der Waals surface area contributed by atoms with Crippen molar-refractivity contribution in [2.75, 3.05) is 7.11 Å². The van der Waals surface area contributed by atoms with Gasteiger partial charge in [0.05, 0.1) is 18.6 Å². The standard InChI is InChI=1S/C31H50O3/c1-19-11-16-31(26(33)34-8)18-17-29(6)21(25(31)20(19)2)9-10-23-28(5)14-13-24(32)27(3,4)22(28)12-15-30(23,29)7/h9,19-20,22-25,32H,10-18H2,1-8H3/t19-,20+,22+,23+,24+,25+,28+,29-,30-,31+/m1/s1. The van der Waals surface area contributed by atoms with Crippen LogP contribution in [0.25, 0.3) is 0 Å². The van der Waals surface area contributed by atoms with Crippen molar-refractivity contribution in [3.63, 3.8) is 0 Å². The highest BCUT2D eigenvalue weighted by molar-refractivity contribution is 5.78. The van der Waals surface area contributed by atoms with Crippen molar-refractivity contribution in [2.45, 2.75) is 112 Å². The Morgan fingerprint density at radius 1 is 0.941 bits per heavy atom. The van der Waals surface area contributed by atoms with E-state index < -0.39 is 0 Å². The maximum Gasteiger partial charge on any atom is 0.312 e. The zero-order valence-corrected chi connectivity index (χ0v) is 23.2. The largest absolute Gasteiger partial charge is 0.469 e. The van der Waals surface area contributed by atoms with Gasteiger partial charge in [0.15, 0.2) is 0 Å². The van der Waals surface area contributed by atoms with Crippen LogP contribution in [0.15, 0.2) is 11.6 Å². The second-order valence-electron chi connectivity index (χ2n) is 14.7. The van der Waals surface area contributed by atoms with Crippen molar-refractivity contribution in [3.8, 4) is 0 Å². The van der Waals surface area contributed by atoms with Crippen LogP contribution in [0, 0.1) is 56.7 Å². The van der Waals surface area contributed by atoms with E-state index in [1.54, 1.807) is 12.7 Å². The average molecular weight is 471 g/mol. The fourth-order valence-electron chi connectivity index (χ4n) is 11.0. The number of aliphatic hydroxyl groups is 1. The fraction of sp³-hybridized carbons (Fsp3) is 0.903. The Balaban J connectivity index is 1.61. The fourth-order valence-corrected chi connectivity index (χ4v) is 11.0. The van der Waals surface area contributed by atoms with Gasteiger partial charge in [-0.1, -0.05) is 60.1 Å². The molecule has 0 amide bonds. The quantitative estimate of drug-likeness (QED) is 0.326. The van der Waals surface area contributed by atoms with Crippen molar-refractivity contribution in [2.24, 2.45) is 56.7 Å². The van der Waals surface area contributed by atoms with Gasteiger partial charge < -0.3 is 9.84 Å². The number of carbonyl (C=O) groups excluding carboxylic acids is 1. The second kappa shape index (κ2) is 7.59. The maximum atomic E-state index is 13.4. The van der Waals surface area contributed by atoms with E-state index in [9.17, 15) is 9.90 Å². The Labute approximate surface area is 208 Å². The minimum atomic E-state index is -0.326. The van der Waals surface area contributed by atoms with E-state index in [4.69, 9.17) is 4.74 Å². The summed E-state index contributed by atoms with van der Waals surface area (Å²) in [6.45, 7) is 17.2. The molecule has 5 rings (SSSR count). The van der Waals surface area contributed by atoms with Crippen LogP contribution in [-0.4, -0.2) is 24.3 Å². The second-order valence-corrected chi connectivity index (χ2v) is 14.7. The lowest BCUT2D eigenvalue weighted by Gasteiger charge is -2.71. The van der Waals surface area contributed by atoms with Gasteiger partial charge in [0, 0.05) is 0 Å². The third-order valence-electron chi connectivity index (χ3n) is 13.6. The number of allylic oxidation sites excluding steroid dienone is 2. The molecule has 0 aromatic carbocycles. The topological polar surface area (TPSA) is 46.5 Å². The third kappa shape index (κ3) is 2.83. The molecule has 0 unspecified atom stereocenters. The molecule has 3 nitrogen and oxygen atoms in total. The molecule has 0 spiro atoms. The van der Waals surface area contributed by atoms with E-state index in [2.05, 4.69) is 54.5 Å². The van der Waals surface area contributed by atoms with Crippen LogP contribution < -0.4 is 0 Å². The molecule has 192 valence electrons. The molecule has 0 aliphatic heterocycles. The van der Waals surface area contributed by atoms with Gasteiger partial charge in [0.1, 0.15) is 0 Å². The van der Waals surface area contributed by atoms with E-state index >= 15 is 0 Å². The predicted octanol–water partition coefficient (Wildman–Crippen LogP) is 7.18. The normalized spacial score (nSPS) is 54.0. The molecule has 0 radical (unpaired) electrons. The SMILES string of the molecule is COC(=O)[C@]12CC[C@@H](C)[C@H](C)[C@H]1C1=CC[C@H]3[C@@]4(C)CC[C@H](O)C(C)(C)[C@@H]4CC[C@@]3(C)[C@]1(C)CC2. The van der Waals surface area contributed by atoms with Crippen molar-refractivity contribution in [1.82, 2.24) is 0 Å². The van der Waals surface area contributed by atoms with Gasteiger partial charge in [-0.2, -0.15) is 0 Å². The summed E-state index contributed by atoms with van der Waals surface area (Å²) in [4.78, 5) is 13.4. The summed E-state index contributed by atoms with van der Waals surface area (Å²) in [5.41, 5.74) is 1.91. The number of methoxy groups -OCH3 is 1. The first kappa shape index (κ1) is 24.8. The Kier molecular flexibility index (Phi) is 5.55. The molecule has 0 aromatic rings. The number of esters is 1. The minimum Gasteiger partial charge on any atom is -0.469 e. The van der Waals surface area contributed by atoms with Crippen LogP contribution in [0.1, 0.15) is 106 Å². The lowest BCUT2D eigenvalue weighted by Crippen LogP contribution is -2.65. The van der Waals surface area contributed by atoms with E-state index in [0.717, 1.165) is 44.9 Å². The summed E-state index contributed by atoms with van der Waals surface area (Å²) < 4.78 is 5.51.